The van der Waals surface area contributed by atoms with Crippen molar-refractivity contribution in [1.29, 1.82) is 0 Å². The molecule has 6 heteroatoms. The highest BCUT2D eigenvalue weighted by atomic mass is 32.2. The van der Waals surface area contributed by atoms with Crippen LogP contribution >= 0.6 is 11.8 Å². The van der Waals surface area contributed by atoms with Crippen molar-refractivity contribution in [2.75, 3.05) is 37.8 Å². The molecule has 3 rings (SSSR count). The van der Waals surface area contributed by atoms with Crippen LogP contribution in [0.15, 0.2) is 66.1 Å². The summed E-state index contributed by atoms with van der Waals surface area (Å²) in [5.41, 5.74) is 1.56. The van der Waals surface area contributed by atoms with Crippen LogP contribution in [0.3, 0.4) is 0 Å². The lowest BCUT2D eigenvalue weighted by molar-refractivity contribution is -0.117. The quantitative estimate of drug-likeness (QED) is 0.365. The third-order valence-corrected chi connectivity index (χ3v) is 6.29. The molecular weight excluding hydrogens is 396 g/mol. The summed E-state index contributed by atoms with van der Waals surface area (Å²) in [6, 6.07) is 15.1. The van der Waals surface area contributed by atoms with Gasteiger partial charge in [0.15, 0.2) is 5.78 Å². The Hall–Kier alpha value is -2.57. The second kappa shape index (κ2) is 11.0. The minimum Gasteiger partial charge on any atom is -0.497 e. The van der Waals surface area contributed by atoms with Crippen LogP contribution in [-0.4, -0.2) is 49.1 Å². The molecule has 0 atom stereocenters. The number of anilines is 1. The van der Waals surface area contributed by atoms with Gasteiger partial charge in [0.2, 0.25) is 5.91 Å². The van der Waals surface area contributed by atoms with E-state index in [1.165, 1.54) is 0 Å². The van der Waals surface area contributed by atoms with Gasteiger partial charge in [-0.2, -0.15) is 0 Å². The second-order valence-electron chi connectivity index (χ2n) is 7.29. The molecule has 0 saturated carbocycles. The Kier molecular flexibility index (Phi) is 8.11. The van der Waals surface area contributed by atoms with Crippen LogP contribution < -0.4 is 10.1 Å². The molecule has 1 saturated heterocycles. The summed E-state index contributed by atoms with van der Waals surface area (Å²) in [5.74, 6) is 1.70. The monoisotopic (exact) mass is 424 g/mol. The van der Waals surface area contributed by atoms with E-state index in [1.54, 1.807) is 18.9 Å². The number of piperidine rings is 1. The SMILES string of the molecule is C=CCSc1ccccc1NC(=O)CN1CCC(C(=O)c2ccc(OC)cc2)CC1. The maximum Gasteiger partial charge on any atom is 0.238 e. The maximum absolute atomic E-state index is 12.7. The number of amides is 1. The molecule has 1 heterocycles. The largest absolute Gasteiger partial charge is 0.497 e. The molecule has 1 aliphatic heterocycles. The number of thioether (sulfide) groups is 1. The number of ether oxygens (including phenoxy) is 1. The van der Waals surface area contributed by atoms with Crippen molar-refractivity contribution in [2.24, 2.45) is 5.92 Å². The third-order valence-electron chi connectivity index (χ3n) is 5.22. The lowest BCUT2D eigenvalue weighted by atomic mass is 9.89. The number of nitrogens with one attached hydrogen (secondary N) is 1. The van der Waals surface area contributed by atoms with Gasteiger partial charge in [0.05, 0.1) is 19.3 Å². The van der Waals surface area contributed by atoms with Crippen molar-refractivity contribution < 1.29 is 14.3 Å². The highest BCUT2D eigenvalue weighted by molar-refractivity contribution is 7.99. The fourth-order valence-corrected chi connectivity index (χ4v) is 4.33. The van der Waals surface area contributed by atoms with Crippen molar-refractivity contribution in [3.8, 4) is 5.75 Å². The standard InChI is InChI=1S/C24H28N2O3S/c1-3-16-30-22-7-5-4-6-21(22)25-23(27)17-26-14-12-19(13-15-26)24(28)18-8-10-20(29-2)11-9-18/h3-11,19H,1,12-17H2,2H3,(H,25,27). The normalized spacial score (nSPS) is 14.8. The van der Waals surface area contributed by atoms with Crippen molar-refractivity contribution in [2.45, 2.75) is 17.7 Å². The Labute approximate surface area is 182 Å². The fraction of sp³-hybridized carbons (Fsp3) is 0.333. The molecule has 0 radical (unpaired) electrons. The van der Waals surface area contributed by atoms with E-state index < -0.39 is 0 Å². The highest BCUT2D eigenvalue weighted by Gasteiger charge is 2.26. The van der Waals surface area contributed by atoms with E-state index in [0.717, 1.165) is 53.6 Å². The lowest BCUT2D eigenvalue weighted by Crippen LogP contribution is -2.40. The van der Waals surface area contributed by atoms with Crippen LogP contribution in [0.5, 0.6) is 5.75 Å². The van der Waals surface area contributed by atoms with Gasteiger partial charge >= 0.3 is 0 Å². The van der Waals surface area contributed by atoms with Gasteiger partial charge in [-0.3, -0.25) is 14.5 Å². The summed E-state index contributed by atoms with van der Waals surface area (Å²) in [4.78, 5) is 28.4. The van der Waals surface area contributed by atoms with Gasteiger partial charge in [0.25, 0.3) is 0 Å². The van der Waals surface area contributed by atoms with E-state index in [4.69, 9.17) is 4.74 Å². The molecule has 0 aromatic heterocycles. The summed E-state index contributed by atoms with van der Waals surface area (Å²) in [5, 5.41) is 3.02. The van der Waals surface area contributed by atoms with Crippen LogP contribution in [0.4, 0.5) is 5.69 Å². The number of benzene rings is 2. The van der Waals surface area contributed by atoms with Crippen molar-refractivity contribution in [1.82, 2.24) is 4.90 Å². The van der Waals surface area contributed by atoms with Gasteiger partial charge in [-0.15, -0.1) is 18.3 Å². The fourth-order valence-electron chi connectivity index (χ4n) is 3.58. The van der Waals surface area contributed by atoms with Crippen LogP contribution in [-0.2, 0) is 4.79 Å². The first kappa shape index (κ1) is 22.1. The molecule has 1 amide bonds. The second-order valence-corrected chi connectivity index (χ2v) is 8.35. The molecule has 0 aliphatic carbocycles. The number of hydrogen-bond acceptors (Lipinski definition) is 5. The minimum atomic E-state index is -0.0263. The Balaban J connectivity index is 1.49. The molecule has 0 spiro atoms. The first-order valence-electron chi connectivity index (χ1n) is 10.1. The number of nitrogens with zero attached hydrogens (tertiary/aromatic N) is 1. The number of Topliss-reactive ketones (excluding diaryl/α,β-unsaturated/α-hetero) is 1. The first-order valence-corrected chi connectivity index (χ1v) is 11.1. The molecule has 0 bridgehead atoms. The molecule has 5 nitrogen and oxygen atoms in total. The van der Waals surface area contributed by atoms with Crippen molar-refractivity contribution >= 4 is 29.1 Å². The van der Waals surface area contributed by atoms with Gasteiger partial charge in [-0.1, -0.05) is 18.2 Å². The van der Waals surface area contributed by atoms with E-state index in [-0.39, 0.29) is 17.6 Å². The highest BCUT2D eigenvalue weighted by Crippen LogP contribution is 2.27. The zero-order valence-corrected chi connectivity index (χ0v) is 18.1. The molecular formula is C24H28N2O3S. The summed E-state index contributed by atoms with van der Waals surface area (Å²) < 4.78 is 5.15. The predicted molar refractivity (Wildman–Crippen MR) is 122 cm³/mol. The zero-order chi connectivity index (χ0) is 21.3. The summed E-state index contributed by atoms with van der Waals surface area (Å²) >= 11 is 1.65. The number of para-hydroxylation sites is 1. The molecule has 2 aromatic rings. The molecule has 30 heavy (non-hydrogen) atoms. The van der Waals surface area contributed by atoms with Gasteiger partial charge in [-0.05, 0) is 62.3 Å². The van der Waals surface area contributed by atoms with Gasteiger partial charge in [-0.25, -0.2) is 0 Å². The van der Waals surface area contributed by atoms with Crippen LogP contribution in [0.1, 0.15) is 23.2 Å². The smallest absolute Gasteiger partial charge is 0.238 e. The van der Waals surface area contributed by atoms with E-state index in [0.29, 0.717) is 6.54 Å². The van der Waals surface area contributed by atoms with E-state index >= 15 is 0 Å². The Bertz CT molecular complexity index is 874. The topological polar surface area (TPSA) is 58.6 Å². The number of methoxy groups -OCH3 is 1. The number of hydrogen-bond donors (Lipinski definition) is 1. The molecule has 0 unspecified atom stereocenters. The predicted octanol–water partition coefficient (Wildman–Crippen LogP) is 4.51. The first-order chi connectivity index (χ1) is 14.6. The molecule has 1 aliphatic rings. The number of likely N-dealkylation sites (tertiary alicyclic amines) is 1. The average molecular weight is 425 g/mol. The number of ketones is 1. The Morgan fingerprint density at radius 2 is 1.87 bits per heavy atom. The Morgan fingerprint density at radius 3 is 2.53 bits per heavy atom. The van der Waals surface area contributed by atoms with Gasteiger partial charge in [0, 0.05) is 22.1 Å². The molecule has 2 aromatic carbocycles. The van der Waals surface area contributed by atoms with Gasteiger partial charge in [0.1, 0.15) is 5.75 Å². The number of carbonyl (C=O) groups is 2. The minimum absolute atomic E-state index is 0.00809. The van der Waals surface area contributed by atoms with E-state index in [2.05, 4.69) is 16.8 Å². The maximum atomic E-state index is 12.7. The average Bonchev–Trinajstić information content (AvgIpc) is 2.78. The molecule has 1 N–H and O–H groups in total. The van der Waals surface area contributed by atoms with Crippen molar-refractivity contribution in [3.63, 3.8) is 0 Å². The van der Waals surface area contributed by atoms with E-state index in [9.17, 15) is 9.59 Å². The van der Waals surface area contributed by atoms with E-state index in [1.807, 2.05) is 54.6 Å². The van der Waals surface area contributed by atoms with Crippen molar-refractivity contribution in [3.05, 3.63) is 66.7 Å². The van der Waals surface area contributed by atoms with Crippen LogP contribution in [0.2, 0.25) is 0 Å². The molecule has 1 fully saturated rings. The third kappa shape index (κ3) is 5.97. The zero-order valence-electron chi connectivity index (χ0n) is 17.3. The lowest BCUT2D eigenvalue weighted by Gasteiger charge is -2.30. The number of rotatable bonds is 9. The van der Waals surface area contributed by atoms with Crippen LogP contribution in [0, 0.1) is 5.92 Å². The van der Waals surface area contributed by atoms with Gasteiger partial charge < -0.3 is 10.1 Å². The number of carbonyl (C=O) groups excluding carboxylic acids is 2. The Morgan fingerprint density at radius 1 is 1.17 bits per heavy atom. The molecule has 158 valence electrons. The summed E-state index contributed by atoms with van der Waals surface area (Å²) in [7, 11) is 1.61. The summed E-state index contributed by atoms with van der Waals surface area (Å²) in [6.45, 7) is 5.57. The summed E-state index contributed by atoms with van der Waals surface area (Å²) in [6.07, 6.45) is 3.38. The van der Waals surface area contributed by atoms with Crippen LogP contribution in [0.25, 0.3) is 0 Å².